The predicted octanol–water partition coefficient (Wildman–Crippen LogP) is 3.90. The van der Waals surface area contributed by atoms with Gasteiger partial charge in [0.2, 0.25) is 5.91 Å². The maximum Gasteiger partial charge on any atom is 0.397 e. The summed E-state index contributed by atoms with van der Waals surface area (Å²) in [6.07, 6.45) is -5.32. The minimum Gasteiger partial charge on any atom is -0.326 e. The van der Waals surface area contributed by atoms with Gasteiger partial charge in [0.15, 0.2) is 0 Å². The van der Waals surface area contributed by atoms with Gasteiger partial charge in [0.25, 0.3) is 0 Å². The Morgan fingerprint density at radius 1 is 1.41 bits per heavy atom. The Kier molecular flexibility index (Phi) is 4.56. The standard InChI is InChI=1S/C11H11BrF3NO/c1-2-7-5-8(12)3-4-9(7)16-10(17)6-11(13,14)15/h3-5H,2,6H2,1H3,(H,16,17). The average molecular weight is 310 g/mol. The number of halogens is 4. The lowest BCUT2D eigenvalue weighted by Gasteiger charge is -2.11. The van der Waals surface area contributed by atoms with Crippen molar-refractivity contribution in [2.45, 2.75) is 25.9 Å². The van der Waals surface area contributed by atoms with Gasteiger partial charge in [0.05, 0.1) is 0 Å². The van der Waals surface area contributed by atoms with Gasteiger partial charge in [-0.15, -0.1) is 0 Å². The van der Waals surface area contributed by atoms with E-state index in [-0.39, 0.29) is 0 Å². The van der Waals surface area contributed by atoms with Gasteiger partial charge in [-0.1, -0.05) is 22.9 Å². The number of nitrogens with one attached hydrogen (secondary N) is 1. The van der Waals surface area contributed by atoms with E-state index in [2.05, 4.69) is 21.2 Å². The van der Waals surface area contributed by atoms with Gasteiger partial charge < -0.3 is 5.32 Å². The van der Waals surface area contributed by atoms with Gasteiger partial charge >= 0.3 is 6.18 Å². The Morgan fingerprint density at radius 2 is 2.06 bits per heavy atom. The molecule has 1 N–H and O–H groups in total. The summed E-state index contributed by atoms with van der Waals surface area (Å²) in [5, 5.41) is 2.27. The fourth-order valence-electron chi connectivity index (χ4n) is 1.35. The second-order valence-electron chi connectivity index (χ2n) is 3.50. The zero-order valence-electron chi connectivity index (χ0n) is 9.07. The second-order valence-corrected chi connectivity index (χ2v) is 4.41. The fraction of sp³-hybridized carbons (Fsp3) is 0.364. The van der Waals surface area contributed by atoms with Crippen molar-refractivity contribution in [3.05, 3.63) is 28.2 Å². The number of alkyl halides is 3. The van der Waals surface area contributed by atoms with Crippen LogP contribution in [0, 0.1) is 0 Å². The Hall–Kier alpha value is -1.04. The predicted molar refractivity (Wildman–Crippen MR) is 62.8 cm³/mol. The van der Waals surface area contributed by atoms with Gasteiger partial charge in [-0.25, -0.2) is 0 Å². The van der Waals surface area contributed by atoms with E-state index in [0.717, 1.165) is 10.0 Å². The van der Waals surface area contributed by atoms with Crippen LogP contribution < -0.4 is 5.32 Å². The molecule has 0 atom stereocenters. The largest absolute Gasteiger partial charge is 0.397 e. The third-order valence-electron chi connectivity index (χ3n) is 2.08. The molecule has 0 aliphatic carbocycles. The summed E-state index contributed by atoms with van der Waals surface area (Å²) in [6.45, 7) is 1.86. The highest BCUT2D eigenvalue weighted by molar-refractivity contribution is 9.10. The Labute approximate surface area is 105 Å². The zero-order chi connectivity index (χ0) is 13.1. The van der Waals surface area contributed by atoms with E-state index in [1.807, 2.05) is 6.92 Å². The molecule has 0 saturated carbocycles. The minimum absolute atomic E-state index is 0.421. The first-order valence-corrected chi connectivity index (χ1v) is 5.76. The second kappa shape index (κ2) is 5.53. The molecule has 0 aliphatic rings. The van der Waals surface area contributed by atoms with Crippen molar-refractivity contribution in [2.75, 3.05) is 5.32 Å². The van der Waals surface area contributed by atoms with Crippen molar-refractivity contribution in [3.8, 4) is 0 Å². The quantitative estimate of drug-likeness (QED) is 0.901. The fourth-order valence-corrected chi connectivity index (χ4v) is 1.76. The molecule has 94 valence electrons. The summed E-state index contributed by atoms with van der Waals surface area (Å²) >= 11 is 3.26. The number of hydrogen-bond donors (Lipinski definition) is 1. The molecular formula is C11H11BrF3NO. The van der Waals surface area contributed by atoms with Gasteiger partial charge in [-0.05, 0) is 30.2 Å². The molecule has 0 heterocycles. The lowest BCUT2D eigenvalue weighted by atomic mass is 10.1. The van der Waals surface area contributed by atoms with Crippen LogP contribution in [-0.2, 0) is 11.2 Å². The normalized spacial score (nSPS) is 11.4. The number of carbonyl (C=O) groups is 1. The van der Waals surface area contributed by atoms with Crippen LogP contribution in [0.2, 0.25) is 0 Å². The van der Waals surface area contributed by atoms with E-state index >= 15 is 0 Å². The molecule has 0 aliphatic heterocycles. The van der Waals surface area contributed by atoms with Crippen LogP contribution in [0.25, 0.3) is 0 Å². The lowest BCUT2D eigenvalue weighted by molar-refractivity contribution is -0.150. The third kappa shape index (κ3) is 4.77. The van der Waals surface area contributed by atoms with Gasteiger partial charge in [0, 0.05) is 10.2 Å². The van der Waals surface area contributed by atoms with Gasteiger partial charge in [-0.3, -0.25) is 4.79 Å². The number of carbonyl (C=O) groups excluding carboxylic acids is 1. The van der Waals surface area contributed by atoms with Crippen molar-refractivity contribution in [2.24, 2.45) is 0 Å². The molecule has 0 unspecified atom stereocenters. The number of aryl methyl sites for hydroxylation is 1. The highest BCUT2D eigenvalue weighted by atomic mass is 79.9. The highest BCUT2D eigenvalue weighted by Crippen LogP contribution is 2.24. The molecule has 17 heavy (non-hydrogen) atoms. The molecule has 1 amide bonds. The van der Waals surface area contributed by atoms with E-state index < -0.39 is 18.5 Å². The van der Waals surface area contributed by atoms with Gasteiger partial charge in [0.1, 0.15) is 6.42 Å². The number of amides is 1. The van der Waals surface area contributed by atoms with Crippen LogP contribution in [-0.4, -0.2) is 12.1 Å². The van der Waals surface area contributed by atoms with Gasteiger partial charge in [-0.2, -0.15) is 13.2 Å². The van der Waals surface area contributed by atoms with Crippen LogP contribution in [0.1, 0.15) is 18.9 Å². The molecule has 0 saturated heterocycles. The van der Waals surface area contributed by atoms with Crippen LogP contribution in [0.4, 0.5) is 18.9 Å². The number of anilines is 1. The lowest BCUT2D eigenvalue weighted by Crippen LogP contribution is -2.21. The van der Waals surface area contributed by atoms with Crippen molar-refractivity contribution in [3.63, 3.8) is 0 Å². The minimum atomic E-state index is -4.48. The van der Waals surface area contributed by atoms with Crippen molar-refractivity contribution in [1.82, 2.24) is 0 Å². The van der Waals surface area contributed by atoms with Crippen LogP contribution in [0.15, 0.2) is 22.7 Å². The van der Waals surface area contributed by atoms with E-state index in [1.165, 1.54) is 0 Å². The molecule has 0 bridgehead atoms. The molecule has 0 fully saturated rings. The van der Waals surface area contributed by atoms with E-state index in [1.54, 1.807) is 18.2 Å². The number of hydrogen-bond acceptors (Lipinski definition) is 1. The first kappa shape index (κ1) is 14.0. The molecule has 0 aromatic heterocycles. The maximum absolute atomic E-state index is 12.0. The first-order valence-electron chi connectivity index (χ1n) is 4.97. The third-order valence-corrected chi connectivity index (χ3v) is 2.58. The summed E-state index contributed by atoms with van der Waals surface area (Å²) in [7, 11) is 0. The summed E-state index contributed by atoms with van der Waals surface area (Å²) < 4.78 is 36.8. The van der Waals surface area contributed by atoms with Crippen molar-refractivity contribution < 1.29 is 18.0 Å². The highest BCUT2D eigenvalue weighted by Gasteiger charge is 2.31. The molecule has 6 heteroatoms. The molecule has 1 aromatic carbocycles. The van der Waals surface area contributed by atoms with E-state index in [9.17, 15) is 18.0 Å². The average Bonchev–Trinajstić information content (AvgIpc) is 2.17. The summed E-state index contributed by atoms with van der Waals surface area (Å²) in [6, 6.07) is 5.02. The number of rotatable bonds is 3. The molecular weight excluding hydrogens is 299 g/mol. The summed E-state index contributed by atoms with van der Waals surface area (Å²) in [5.41, 5.74) is 1.21. The molecule has 0 spiro atoms. The van der Waals surface area contributed by atoms with E-state index in [4.69, 9.17) is 0 Å². The molecule has 1 aromatic rings. The van der Waals surface area contributed by atoms with Crippen LogP contribution >= 0.6 is 15.9 Å². The maximum atomic E-state index is 12.0. The molecule has 1 rings (SSSR count). The van der Waals surface area contributed by atoms with Crippen LogP contribution in [0.3, 0.4) is 0 Å². The smallest absolute Gasteiger partial charge is 0.326 e. The monoisotopic (exact) mass is 309 g/mol. The molecule has 0 radical (unpaired) electrons. The van der Waals surface area contributed by atoms with E-state index in [0.29, 0.717) is 12.1 Å². The van der Waals surface area contributed by atoms with Crippen LogP contribution in [0.5, 0.6) is 0 Å². The first-order chi connectivity index (χ1) is 7.81. The zero-order valence-corrected chi connectivity index (χ0v) is 10.7. The SMILES string of the molecule is CCc1cc(Br)ccc1NC(=O)CC(F)(F)F. The Bertz CT molecular complexity index is 418. The number of benzene rings is 1. The van der Waals surface area contributed by atoms with Crippen molar-refractivity contribution >= 4 is 27.5 Å². The topological polar surface area (TPSA) is 29.1 Å². The summed E-state index contributed by atoms with van der Waals surface area (Å²) in [5.74, 6) is -1.05. The Balaban J connectivity index is 2.78. The Morgan fingerprint density at radius 3 is 2.59 bits per heavy atom. The molecule has 2 nitrogen and oxygen atoms in total. The van der Waals surface area contributed by atoms with Crippen molar-refractivity contribution in [1.29, 1.82) is 0 Å². The summed E-state index contributed by atoms with van der Waals surface area (Å²) in [4.78, 5) is 11.1.